The van der Waals surface area contributed by atoms with Gasteiger partial charge in [-0.15, -0.1) is 0 Å². The molecule has 20 heavy (non-hydrogen) atoms. The molecule has 0 bridgehead atoms. The van der Waals surface area contributed by atoms with E-state index in [4.69, 9.17) is 10.5 Å². The van der Waals surface area contributed by atoms with Crippen molar-refractivity contribution in [1.82, 2.24) is 4.98 Å². The van der Waals surface area contributed by atoms with E-state index < -0.39 is 0 Å². The van der Waals surface area contributed by atoms with Gasteiger partial charge in [0.05, 0.1) is 6.61 Å². The summed E-state index contributed by atoms with van der Waals surface area (Å²) in [5.41, 5.74) is 7.74. The highest BCUT2D eigenvalue weighted by molar-refractivity contribution is 5.52. The van der Waals surface area contributed by atoms with Gasteiger partial charge in [-0.25, -0.2) is 4.98 Å². The number of pyridine rings is 1. The third-order valence-electron chi connectivity index (χ3n) is 2.94. The maximum atomic E-state index is 5.81. The molecule has 0 aliphatic carbocycles. The number of nitrogen functional groups attached to an aromatic ring is 1. The van der Waals surface area contributed by atoms with Gasteiger partial charge in [0, 0.05) is 25.5 Å². The normalized spacial score (nSPS) is 10.3. The Morgan fingerprint density at radius 2 is 2.10 bits per heavy atom. The molecule has 4 nitrogen and oxygen atoms in total. The van der Waals surface area contributed by atoms with Crippen LogP contribution < -0.4 is 15.4 Å². The first kappa shape index (κ1) is 14.2. The van der Waals surface area contributed by atoms with Crippen molar-refractivity contribution in [2.45, 2.75) is 19.9 Å². The molecule has 1 aromatic heterocycles. The summed E-state index contributed by atoms with van der Waals surface area (Å²) in [5.74, 6) is 1.67. The highest BCUT2D eigenvalue weighted by Crippen LogP contribution is 2.25. The van der Waals surface area contributed by atoms with Crippen molar-refractivity contribution in [2.75, 3.05) is 24.3 Å². The predicted molar refractivity (Wildman–Crippen MR) is 83.0 cm³/mol. The molecular formula is C16H21N3O. The largest absolute Gasteiger partial charge is 0.490 e. The first-order valence-corrected chi connectivity index (χ1v) is 6.84. The number of nitrogens with two attached hydrogens (primary N) is 1. The minimum Gasteiger partial charge on any atom is -0.490 e. The van der Waals surface area contributed by atoms with Crippen molar-refractivity contribution < 1.29 is 4.74 Å². The van der Waals surface area contributed by atoms with E-state index in [2.05, 4.69) is 22.9 Å². The molecule has 0 unspecified atom stereocenters. The highest BCUT2D eigenvalue weighted by atomic mass is 16.5. The number of ether oxygens (including phenoxy) is 1. The van der Waals surface area contributed by atoms with E-state index in [1.54, 1.807) is 6.20 Å². The standard InChI is InChI=1S/C16H21N3O/c1-3-10-20-15-8-5-9-18-16(15)19(2)12-13-6-4-7-14(17)11-13/h4-9,11H,3,10,12,17H2,1-2H3. The van der Waals surface area contributed by atoms with Crippen LogP contribution in [0, 0.1) is 0 Å². The molecule has 0 radical (unpaired) electrons. The Morgan fingerprint density at radius 3 is 2.85 bits per heavy atom. The molecule has 0 spiro atoms. The van der Waals surface area contributed by atoms with Crippen LogP contribution >= 0.6 is 0 Å². The second-order valence-electron chi connectivity index (χ2n) is 4.77. The first-order chi connectivity index (χ1) is 9.70. The highest BCUT2D eigenvalue weighted by Gasteiger charge is 2.10. The SMILES string of the molecule is CCCOc1cccnc1N(C)Cc1cccc(N)c1. The van der Waals surface area contributed by atoms with E-state index in [1.165, 1.54) is 0 Å². The molecule has 0 fully saturated rings. The number of benzene rings is 1. The van der Waals surface area contributed by atoms with Gasteiger partial charge in [-0.3, -0.25) is 0 Å². The minimum atomic E-state index is 0.699. The monoisotopic (exact) mass is 271 g/mol. The van der Waals surface area contributed by atoms with Crippen LogP contribution in [0.15, 0.2) is 42.6 Å². The van der Waals surface area contributed by atoms with E-state index in [1.807, 2.05) is 37.4 Å². The van der Waals surface area contributed by atoms with E-state index >= 15 is 0 Å². The van der Waals surface area contributed by atoms with Gasteiger partial charge in [-0.05, 0) is 36.2 Å². The van der Waals surface area contributed by atoms with Crippen molar-refractivity contribution in [3.05, 3.63) is 48.2 Å². The van der Waals surface area contributed by atoms with E-state index in [-0.39, 0.29) is 0 Å². The molecule has 1 aromatic carbocycles. The fourth-order valence-corrected chi connectivity index (χ4v) is 2.03. The predicted octanol–water partition coefficient (Wildman–Crippen LogP) is 3.09. The van der Waals surface area contributed by atoms with Gasteiger partial charge in [0.1, 0.15) is 0 Å². The Kier molecular flexibility index (Phi) is 4.82. The smallest absolute Gasteiger partial charge is 0.171 e. The maximum absolute atomic E-state index is 5.81. The second kappa shape index (κ2) is 6.80. The average Bonchev–Trinajstić information content (AvgIpc) is 2.45. The molecule has 4 heteroatoms. The van der Waals surface area contributed by atoms with Crippen molar-refractivity contribution in [2.24, 2.45) is 0 Å². The first-order valence-electron chi connectivity index (χ1n) is 6.84. The average molecular weight is 271 g/mol. The Labute approximate surface area is 120 Å². The van der Waals surface area contributed by atoms with E-state index in [9.17, 15) is 0 Å². The zero-order valence-corrected chi connectivity index (χ0v) is 12.0. The van der Waals surface area contributed by atoms with Gasteiger partial charge in [0.2, 0.25) is 0 Å². The summed E-state index contributed by atoms with van der Waals surface area (Å²) in [5, 5.41) is 0. The van der Waals surface area contributed by atoms with E-state index in [0.29, 0.717) is 6.61 Å². The third kappa shape index (κ3) is 3.63. The lowest BCUT2D eigenvalue weighted by Gasteiger charge is -2.21. The molecule has 0 aliphatic rings. The Morgan fingerprint density at radius 1 is 1.25 bits per heavy atom. The van der Waals surface area contributed by atoms with Crippen molar-refractivity contribution in [3.63, 3.8) is 0 Å². The molecule has 2 N–H and O–H groups in total. The van der Waals surface area contributed by atoms with Gasteiger partial charge in [-0.1, -0.05) is 19.1 Å². The van der Waals surface area contributed by atoms with Crippen LogP contribution in [-0.2, 0) is 6.54 Å². The van der Waals surface area contributed by atoms with Gasteiger partial charge in [-0.2, -0.15) is 0 Å². The Bertz CT molecular complexity index is 557. The summed E-state index contributed by atoms with van der Waals surface area (Å²) in [6, 6.07) is 11.7. The summed E-state index contributed by atoms with van der Waals surface area (Å²) < 4.78 is 5.74. The van der Waals surface area contributed by atoms with Crippen molar-refractivity contribution in [3.8, 4) is 5.75 Å². The van der Waals surface area contributed by atoms with Crippen molar-refractivity contribution >= 4 is 11.5 Å². The topological polar surface area (TPSA) is 51.4 Å². The number of rotatable bonds is 6. The third-order valence-corrected chi connectivity index (χ3v) is 2.94. The molecule has 2 rings (SSSR count). The number of anilines is 2. The van der Waals surface area contributed by atoms with Crippen LogP contribution in [0.2, 0.25) is 0 Å². The zero-order valence-electron chi connectivity index (χ0n) is 12.0. The number of hydrogen-bond acceptors (Lipinski definition) is 4. The summed E-state index contributed by atoms with van der Waals surface area (Å²) in [6.45, 7) is 3.53. The Hall–Kier alpha value is -2.23. The fraction of sp³-hybridized carbons (Fsp3) is 0.312. The van der Waals surface area contributed by atoms with Crippen LogP contribution in [0.4, 0.5) is 11.5 Å². The van der Waals surface area contributed by atoms with Gasteiger partial charge < -0.3 is 15.4 Å². The lowest BCUT2D eigenvalue weighted by Crippen LogP contribution is -2.19. The Balaban J connectivity index is 2.14. The van der Waals surface area contributed by atoms with E-state index in [0.717, 1.165) is 35.8 Å². The second-order valence-corrected chi connectivity index (χ2v) is 4.77. The molecule has 1 heterocycles. The quantitative estimate of drug-likeness (QED) is 0.820. The lowest BCUT2D eigenvalue weighted by molar-refractivity contribution is 0.316. The van der Waals surface area contributed by atoms with Crippen LogP contribution in [0.25, 0.3) is 0 Å². The van der Waals surface area contributed by atoms with Gasteiger partial charge in [0.15, 0.2) is 11.6 Å². The number of nitrogens with zero attached hydrogens (tertiary/aromatic N) is 2. The van der Waals surface area contributed by atoms with Gasteiger partial charge >= 0.3 is 0 Å². The van der Waals surface area contributed by atoms with Crippen LogP contribution in [-0.4, -0.2) is 18.6 Å². The number of hydrogen-bond donors (Lipinski definition) is 1. The molecular weight excluding hydrogens is 250 g/mol. The molecule has 0 aliphatic heterocycles. The molecule has 0 saturated heterocycles. The molecule has 106 valence electrons. The minimum absolute atomic E-state index is 0.699. The lowest BCUT2D eigenvalue weighted by atomic mass is 10.2. The fourth-order valence-electron chi connectivity index (χ4n) is 2.03. The number of aromatic nitrogens is 1. The van der Waals surface area contributed by atoms with Crippen LogP contribution in [0.3, 0.4) is 0 Å². The molecule has 0 amide bonds. The van der Waals surface area contributed by atoms with Gasteiger partial charge in [0.25, 0.3) is 0 Å². The van der Waals surface area contributed by atoms with Crippen molar-refractivity contribution in [1.29, 1.82) is 0 Å². The summed E-state index contributed by atoms with van der Waals surface area (Å²) in [4.78, 5) is 6.49. The molecule has 0 saturated carbocycles. The summed E-state index contributed by atoms with van der Waals surface area (Å²) >= 11 is 0. The summed E-state index contributed by atoms with van der Waals surface area (Å²) in [7, 11) is 2.00. The molecule has 2 aromatic rings. The summed E-state index contributed by atoms with van der Waals surface area (Å²) in [6.07, 6.45) is 2.76. The van der Waals surface area contributed by atoms with Crippen LogP contribution in [0.5, 0.6) is 5.75 Å². The van der Waals surface area contributed by atoms with Crippen LogP contribution in [0.1, 0.15) is 18.9 Å². The zero-order chi connectivity index (χ0) is 14.4. The molecule has 0 atom stereocenters. The maximum Gasteiger partial charge on any atom is 0.171 e.